The Balaban J connectivity index is 4.56. The van der Waals surface area contributed by atoms with E-state index in [4.69, 9.17) is 5.11 Å². The minimum absolute atomic E-state index is 0.0958. The molecule has 0 aliphatic heterocycles. The summed E-state index contributed by atoms with van der Waals surface area (Å²) in [4.78, 5) is 23.0. The van der Waals surface area contributed by atoms with Crippen LogP contribution in [0.2, 0.25) is 0 Å². The molecule has 134 valence electrons. The Labute approximate surface area is 140 Å². The van der Waals surface area contributed by atoms with Crippen LogP contribution in [0.25, 0.3) is 0 Å². The number of carboxylic acids is 1. The summed E-state index contributed by atoms with van der Waals surface area (Å²) in [5.74, 6) is -0.697. The van der Waals surface area contributed by atoms with Crippen LogP contribution in [0.1, 0.15) is 66.7 Å². The van der Waals surface area contributed by atoms with Crippen LogP contribution in [0.4, 0.5) is 0 Å². The maximum absolute atomic E-state index is 12.0. The molecule has 0 radical (unpaired) electrons. The number of nitrogens with one attached hydrogen (secondary N) is 2. The lowest BCUT2D eigenvalue weighted by molar-refractivity contribution is -0.138. The molecule has 0 bridgehead atoms. The van der Waals surface area contributed by atoms with Gasteiger partial charge < -0.3 is 15.7 Å². The molecule has 0 rings (SSSR count). The molecule has 0 amide bonds. The van der Waals surface area contributed by atoms with Crippen molar-refractivity contribution < 1.29 is 14.7 Å². The maximum Gasteiger partial charge on any atom is 0.305 e. The van der Waals surface area contributed by atoms with Crippen molar-refractivity contribution in [3.63, 3.8) is 0 Å². The Bertz CT molecular complexity index is 416. The molecule has 0 saturated carbocycles. The second-order valence-electron chi connectivity index (χ2n) is 6.71. The number of carbonyl (C=O) groups is 2. The third-order valence-electron chi connectivity index (χ3n) is 4.83. The topological polar surface area (TPSA) is 78.4 Å². The van der Waals surface area contributed by atoms with Crippen molar-refractivity contribution in [1.82, 2.24) is 10.6 Å². The van der Waals surface area contributed by atoms with Crippen LogP contribution in [-0.4, -0.2) is 41.0 Å². The Morgan fingerprint density at radius 1 is 1.00 bits per heavy atom. The molecule has 5 nitrogen and oxygen atoms in total. The lowest BCUT2D eigenvalue weighted by atomic mass is 9.85. The molecule has 0 aromatic heterocycles. The summed E-state index contributed by atoms with van der Waals surface area (Å²) in [6.45, 7) is 14.9. The Morgan fingerprint density at radius 2 is 1.52 bits per heavy atom. The predicted octanol–water partition coefficient (Wildman–Crippen LogP) is 2.90. The molecule has 0 aliphatic rings. The van der Waals surface area contributed by atoms with Gasteiger partial charge in [-0.3, -0.25) is 9.59 Å². The third kappa shape index (κ3) is 7.75. The first-order chi connectivity index (χ1) is 10.6. The minimum atomic E-state index is -0.793. The van der Waals surface area contributed by atoms with Crippen LogP contribution in [-0.2, 0) is 9.59 Å². The van der Waals surface area contributed by atoms with E-state index < -0.39 is 11.5 Å². The normalized spacial score (nSPS) is 14.3. The van der Waals surface area contributed by atoms with Gasteiger partial charge in [-0.2, -0.15) is 0 Å². The summed E-state index contributed by atoms with van der Waals surface area (Å²) in [5, 5.41) is 15.8. The molecule has 0 saturated heterocycles. The van der Waals surface area contributed by atoms with Crippen molar-refractivity contribution in [3.8, 4) is 0 Å². The first-order valence-electron chi connectivity index (χ1n) is 8.54. The largest absolute Gasteiger partial charge is 0.481 e. The van der Waals surface area contributed by atoms with E-state index in [1.165, 1.54) is 0 Å². The monoisotopic (exact) mass is 326 g/mol. The maximum atomic E-state index is 12.0. The molecule has 23 heavy (non-hydrogen) atoms. The number of aliphatic carboxylic acids is 1. The van der Waals surface area contributed by atoms with Crippen LogP contribution >= 0.6 is 0 Å². The smallest absolute Gasteiger partial charge is 0.305 e. The van der Waals surface area contributed by atoms with E-state index in [1.807, 2.05) is 13.8 Å². The number of allylic oxidation sites excluding steroid dienone is 1. The van der Waals surface area contributed by atoms with Gasteiger partial charge in [-0.15, -0.1) is 0 Å². The van der Waals surface area contributed by atoms with E-state index in [1.54, 1.807) is 6.92 Å². The number of carboxylic acid groups (broad SMARTS) is 1. The molecule has 0 spiro atoms. The van der Waals surface area contributed by atoms with Crippen LogP contribution in [0.3, 0.4) is 0 Å². The second kappa shape index (κ2) is 9.83. The van der Waals surface area contributed by atoms with Gasteiger partial charge in [0.2, 0.25) is 0 Å². The van der Waals surface area contributed by atoms with E-state index in [9.17, 15) is 9.59 Å². The highest BCUT2D eigenvalue weighted by Crippen LogP contribution is 2.21. The minimum Gasteiger partial charge on any atom is -0.481 e. The van der Waals surface area contributed by atoms with Crippen molar-refractivity contribution in [2.45, 2.75) is 77.8 Å². The van der Waals surface area contributed by atoms with Gasteiger partial charge in [-0.1, -0.05) is 27.4 Å². The molecular formula is C18H34N2O3. The molecule has 0 fully saturated rings. The summed E-state index contributed by atoms with van der Waals surface area (Å²) in [6.07, 6.45) is 3.03. The average molecular weight is 326 g/mol. The molecule has 0 aromatic carbocycles. The Hall–Kier alpha value is -1.20. The highest BCUT2D eigenvalue weighted by atomic mass is 16.4. The number of hydrogen-bond acceptors (Lipinski definition) is 4. The molecule has 0 aliphatic carbocycles. The van der Waals surface area contributed by atoms with Gasteiger partial charge in [0.1, 0.15) is 0 Å². The van der Waals surface area contributed by atoms with Crippen LogP contribution in [0.5, 0.6) is 0 Å². The molecule has 0 heterocycles. The summed E-state index contributed by atoms with van der Waals surface area (Å²) >= 11 is 0. The molecule has 1 atom stereocenters. The van der Waals surface area contributed by atoms with Crippen molar-refractivity contribution in [2.75, 3.05) is 13.1 Å². The number of hydrogen-bond donors (Lipinski definition) is 3. The summed E-state index contributed by atoms with van der Waals surface area (Å²) in [7, 11) is 0. The highest BCUT2D eigenvalue weighted by Gasteiger charge is 2.29. The van der Waals surface area contributed by atoms with Crippen molar-refractivity contribution >= 4 is 11.8 Å². The van der Waals surface area contributed by atoms with Crippen LogP contribution in [0, 0.1) is 0 Å². The highest BCUT2D eigenvalue weighted by molar-refractivity contribution is 5.94. The van der Waals surface area contributed by atoms with Gasteiger partial charge in [0.25, 0.3) is 0 Å². The standard InChI is InChI=1S/C18H34N2O3/c1-7-17(6,13-16(22)23)19-10-11-20-18(8-2,9-3)12-15(21)14(4)5/h19-20H,4,7-13H2,1-3,5-6H3,(H,22,23). The van der Waals surface area contributed by atoms with E-state index in [2.05, 4.69) is 31.1 Å². The molecule has 1 unspecified atom stereocenters. The molecule has 5 heteroatoms. The van der Waals surface area contributed by atoms with E-state index in [-0.39, 0.29) is 17.7 Å². The quantitative estimate of drug-likeness (QED) is 0.358. The van der Waals surface area contributed by atoms with Crippen LogP contribution in [0.15, 0.2) is 12.2 Å². The van der Waals surface area contributed by atoms with E-state index in [0.29, 0.717) is 25.1 Å². The number of carbonyl (C=O) groups excluding carboxylic acids is 1. The van der Waals surface area contributed by atoms with E-state index in [0.717, 1.165) is 19.3 Å². The summed E-state index contributed by atoms with van der Waals surface area (Å²) < 4.78 is 0. The first-order valence-corrected chi connectivity index (χ1v) is 8.54. The van der Waals surface area contributed by atoms with Gasteiger partial charge >= 0.3 is 5.97 Å². The fourth-order valence-electron chi connectivity index (χ4n) is 2.61. The fraction of sp³-hybridized carbons (Fsp3) is 0.778. The zero-order valence-corrected chi connectivity index (χ0v) is 15.4. The van der Waals surface area contributed by atoms with Gasteiger partial charge in [-0.25, -0.2) is 0 Å². The van der Waals surface area contributed by atoms with Gasteiger partial charge in [0.15, 0.2) is 5.78 Å². The van der Waals surface area contributed by atoms with Crippen molar-refractivity contribution in [3.05, 3.63) is 12.2 Å². The molecular weight excluding hydrogens is 292 g/mol. The fourth-order valence-corrected chi connectivity index (χ4v) is 2.61. The van der Waals surface area contributed by atoms with Crippen LogP contribution < -0.4 is 10.6 Å². The van der Waals surface area contributed by atoms with Crippen molar-refractivity contribution in [1.29, 1.82) is 0 Å². The zero-order chi connectivity index (χ0) is 18.1. The predicted molar refractivity (Wildman–Crippen MR) is 94.7 cm³/mol. The summed E-state index contributed by atoms with van der Waals surface area (Å²) in [5.41, 5.74) is -0.0221. The van der Waals surface area contributed by atoms with Gasteiger partial charge in [0, 0.05) is 30.6 Å². The van der Waals surface area contributed by atoms with Crippen molar-refractivity contribution in [2.24, 2.45) is 0 Å². The van der Waals surface area contributed by atoms with Gasteiger partial charge in [0.05, 0.1) is 6.42 Å². The lowest BCUT2D eigenvalue weighted by Crippen LogP contribution is -2.51. The zero-order valence-electron chi connectivity index (χ0n) is 15.4. The van der Waals surface area contributed by atoms with E-state index >= 15 is 0 Å². The summed E-state index contributed by atoms with van der Waals surface area (Å²) in [6, 6.07) is 0. The Morgan fingerprint density at radius 3 is 1.91 bits per heavy atom. The molecule has 0 aromatic rings. The molecule has 3 N–H and O–H groups in total. The lowest BCUT2D eigenvalue weighted by Gasteiger charge is -2.34. The number of Topliss-reactive ketones (excluding diaryl/α,β-unsaturated/α-hetero) is 1. The number of rotatable bonds is 13. The SMILES string of the molecule is C=C(C)C(=O)CC(CC)(CC)NCCNC(C)(CC)CC(=O)O. The second-order valence-corrected chi connectivity index (χ2v) is 6.71. The van der Waals surface area contributed by atoms with Gasteiger partial charge in [-0.05, 0) is 38.7 Å². The third-order valence-corrected chi connectivity index (χ3v) is 4.83. The number of ketones is 1. The first kappa shape index (κ1) is 21.8. The Kier molecular flexibility index (Phi) is 9.32. The average Bonchev–Trinajstić information content (AvgIpc) is 2.49.